The van der Waals surface area contributed by atoms with E-state index in [9.17, 15) is 4.79 Å². The number of aromatic amines is 1. The number of halogens is 2. The van der Waals surface area contributed by atoms with Gasteiger partial charge in [-0.3, -0.25) is 4.79 Å². The molecule has 0 unspecified atom stereocenters. The monoisotopic (exact) mass is 258 g/mol. The van der Waals surface area contributed by atoms with Crippen LogP contribution in [-0.4, -0.2) is 9.97 Å². The van der Waals surface area contributed by atoms with Gasteiger partial charge in [-0.05, 0) is 12.1 Å². The molecular formula is C8H4BrClN2O. The van der Waals surface area contributed by atoms with Crippen LogP contribution in [0.2, 0.25) is 5.02 Å². The average Bonchev–Trinajstić information content (AvgIpc) is 2.02. The fourth-order valence-corrected chi connectivity index (χ4v) is 2.00. The van der Waals surface area contributed by atoms with Crippen LogP contribution in [0.15, 0.2) is 27.7 Å². The summed E-state index contributed by atoms with van der Waals surface area (Å²) in [6, 6.07) is 3.41. The minimum absolute atomic E-state index is 0.220. The lowest BCUT2D eigenvalue weighted by Crippen LogP contribution is -2.06. The summed E-state index contributed by atoms with van der Waals surface area (Å²) in [5.74, 6) is 0. The third-order valence-electron chi connectivity index (χ3n) is 1.66. The molecule has 2 rings (SSSR count). The number of hydrogen-bond donors (Lipinski definition) is 1. The van der Waals surface area contributed by atoms with Crippen LogP contribution in [0.25, 0.3) is 10.9 Å². The molecule has 0 amide bonds. The van der Waals surface area contributed by atoms with E-state index in [1.165, 1.54) is 6.33 Å². The number of rotatable bonds is 0. The van der Waals surface area contributed by atoms with Crippen molar-refractivity contribution in [3.8, 4) is 0 Å². The molecule has 0 atom stereocenters. The first-order chi connectivity index (χ1) is 6.18. The van der Waals surface area contributed by atoms with E-state index in [1.807, 2.05) is 0 Å². The molecule has 1 aromatic carbocycles. The number of benzene rings is 1. The van der Waals surface area contributed by atoms with Crippen LogP contribution < -0.4 is 5.56 Å². The largest absolute Gasteiger partial charge is 0.313 e. The fourth-order valence-electron chi connectivity index (χ4n) is 1.12. The molecule has 66 valence electrons. The van der Waals surface area contributed by atoms with Crippen molar-refractivity contribution in [1.29, 1.82) is 0 Å². The van der Waals surface area contributed by atoms with E-state index < -0.39 is 0 Å². The van der Waals surface area contributed by atoms with Gasteiger partial charge < -0.3 is 4.98 Å². The molecule has 3 nitrogen and oxygen atoms in total. The highest BCUT2D eigenvalue weighted by atomic mass is 79.9. The van der Waals surface area contributed by atoms with Gasteiger partial charge >= 0.3 is 0 Å². The molecule has 0 aliphatic heterocycles. The van der Waals surface area contributed by atoms with Gasteiger partial charge in [-0.2, -0.15) is 0 Å². The fraction of sp³-hybridized carbons (Fsp3) is 0. The van der Waals surface area contributed by atoms with Crippen molar-refractivity contribution in [2.24, 2.45) is 0 Å². The smallest absolute Gasteiger partial charge is 0.260 e. The van der Waals surface area contributed by atoms with Crippen molar-refractivity contribution in [2.75, 3.05) is 0 Å². The molecule has 1 N–H and O–H groups in total. The Morgan fingerprint density at radius 1 is 1.46 bits per heavy atom. The Morgan fingerprint density at radius 2 is 2.23 bits per heavy atom. The van der Waals surface area contributed by atoms with Gasteiger partial charge in [0.05, 0.1) is 22.3 Å². The maximum atomic E-state index is 11.3. The summed E-state index contributed by atoms with van der Waals surface area (Å²) in [5.41, 5.74) is 0.366. The van der Waals surface area contributed by atoms with E-state index in [1.54, 1.807) is 12.1 Å². The summed E-state index contributed by atoms with van der Waals surface area (Å²) in [6.45, 7) is 0. The van der Waals surface area contributed by atoms with E-state index in [2.05, 4.69) is 25.9 Å². The van der Waals surface area contributed by atoms with Gasteiger partial charge in [0.25, 0.3) is 5.56 Å². The molecule has 1 aromatic heterocycles. The Balaban J connectivity index is 3.03. The van der Waals surface area contributed by atoms with Crippen molar-refractivity contribution in [2.45, 2.75) is 0 Å². The Morgan fingerprint density at radius 3 is 3.00 bits per heavy atom. The van der Waals surface area contributed by atoms with E-state index in [0.717, 1.165) is 4.47 Å². The predicted octanol–water partition coefficient (Wildman–Crippen LogP) is 2.34. The molecule has 2 aromatic rings. The van der Waals surface area contributed by atoms with Crippen molar-refractivity contribution in [1.82, 2.24) is 9.97 Å². The second-order valence-electron chi connectivity index (χ2n) is 2.51. The number of hydrogen-bond acceptors (Lipinski definition) is 2. The maximum absolute atomic E-state index is 11.3. The zero-order valence-corrected chi connectivity index (χ0v) is 8.69. The highest BCUT2D eigenvalue weighted by Crippen LogP contribution is 2.23. The lowest BCUT2D eigenvalue weighted by Gasteiger charge is -1.98. The van der Waals surface area contributed by atoms with Crippen molar-refractivity contribution in [3.63, 3.8) is 0 Å². The Labute approximate surface area is 86.9 Å². The highest BCUT2D eigenvalue weighted by Gasteiger charge is 2.05. The number of nitrogens with one attached hydrogen (secondary N) is 1. The van der Waals surface area contributed by atoms with Gasteiger partial charge in [0, 0.05) is 4.47 Å². The summed E-state index contributed by atoms with van der Waals surface area (Å²) in [7, 11) is 0. The zero-order chi connectivity index (χ0) is 9.42. The first kappa shape index (κ1) is 8.72. The molecule has 0 aliphatic rings. The van der Waals surface area contributed by atoms with Crippen LogP contribution >= 0.6 is 27.5 Å². The van der Waals surface area contributed by atoms with Crippen LogP contribution in [0, 0.1) is 0 Å². The van der Waals surface area contributed by atoms with Gasteiger partial charge in [-0.15, -0.1) is 0 Å². The van der Waals surface area contributed by atoms with Crippen LogP contribution in [-0.2, 0) is 0 Å². The molecule has 0 aliphatic carbocycles. The summed E-state index contributed by atoms with van der Waals surface area (Å²) >= 11 is 9.15. The third-order valence-corrected chi connectivity index (χ3v) is 2.42. The van der Waals surface area contributed by atoms with E-state index in [-0.39, 0.29) is 5.56 Å². The SMILES string of the molecule is O=c1[nH]cnc2cc(Br)cc(Cl)c12. The van der Waals surface area contributed by atoms with Gasteiger partial charge in [-0.1, -0.05) is 27.5 Å². The zero-order valence-electron chi connectivity index (χ0n) is 6.34. The first-order valence-corrected chi connectivity index (χ1v) is 4.68. The second-order valence-corrected chi connectivity index (χ2v) is 3.84. The summed E-state index contributed by atoms with van der Waals surface area (Å²) in [5, 5.41) is 0.825. The van der Waals surface area contributed by atoms with Crippen LogP contribution in [0.3, 0.4) is 0 Å². The minimum atomic E-state index is -0.220. The van der Waals surface area contributed by atoms with Crippen molar-refractivity contribution in [3.05, 3.63) is 38.3 Å². The quantitative estimate of drug-likeness (QED) is 0.789. The molecule has 1 heterocycles. The van der Waals surface area contributed by atoms with Crippen LogP contribution in [0.1, 0.15) is 0 Å². The third kappa shape index (κ3) is 1.47. The molecule has 0 radical (unpaired) electrons. The number of fused-ring (bicyclic) bond motifs is 1. The summed E-state index contributed by atoms with van der Waals surface area (Å²) < 4.78 is 0.808. The summed E-state index contributed by atoms with van der Waals surface area (Å²) in [4.78, 5) is 17.8. The maximum Gasteiger partial charge on any atom is 0.260 e. The minimum Gasteiger partial charge on any atom is -0.313 e. The summed E-state index contributed by atoms with van der Waals surface area (Å²) in [6.07, 6.45) is 1.35. The predicted molar refractivity (Wildman–Crippen MR) is 55.1 cm³/mol. The molecular weight excluding hydrogens is 255 g/mol. The van der Waals surface area contributed by atoms with Gasteiger partial charge in [0.1, 0.15) is 0 Å². The molecule has 5 heteroatoms. The Hall–Kier alpha value is -0.870. The highest BCUT2D eigenvalue weighted by molar-refractivity contribution is 9.10. The van der Waals surface area contributed by atoms with Crippen LogP contribution in [0.5, 0.6) is 0 Å². The molecule has 13 heavy (non-hydrogen) atoms. The lowest BCUT2D eigenvalue weighted by atomic mass is 10.2. The van der Waals surface area contributed by atoms with E-state index in [0.29, 0.717) is 15.9 Å². The van der Waals surface area contributed by atoms with Gasteiger partial charge in [0.2, 0.25) is 0 Å². The van der Waals surface area contributed by atoms with Gasteiger partial charge in [-0.25, -0.2) is 4.98 Å². The standard InChI is InChI=1S/C8H4BrClN2O/c9-4-1-5(10)7-6(2-4)11-3-12-8(7)13/h1-3H,(H,11,12,13). The average molecular weight is 259 g/mol. The molecule has 0 fully saturated rings. The molecule has 0 bridgehead atoms. The molecule has 0 saturated heterocycles. The Kier molecular flexibility index (Phi) is 2.09. The first-order valence-electron chi connectivity index (χ1n) is 3.51. The molecule has 0 saturated carbocycles. The number of aromatic nitrogens is 2. The lowest BCUT2D eigenvalue weighted by molar-refractivity contribution is 1.17. The van der Waals surface area contributed by atoms with Gasteiger partial charge in [0.15, 0.2) is 0 Å². The Bertz CT molecular complexity index is 523. The number of nitrogens with zero attached hydrogens (tertiary/aromatic N) is 1. The molecule has 0 spiro atoms. The van der Waals surface area contributed by atoms with Crippen LogP contribution in [0.4, 0.5) is 0 Å². The normalized spacial score (nSPS) is 10.6. The second kappa shape index (κ2) is 3.12. The van der Waals surface area contributed by atoms with E-state index >= 15 is 0 Å². The van der Waals surface area contributed by atoms with E-state index in [4.69, 9.17) is 11.6 Å². The topological polar surface area (TPSA) is 45.8 Å². The van der Waals surface area contributed by atoms with Crippen molar-refractivity contribution >= 4 is 38.4 Å². The van der Waals surface area contributed by atoms with Crippen molar-refractivity contribution < 1.29 is 0 Å². The number of H-pyrrole nitrogens is 1.